The highest BCUT2D eigenvalue weighted by Crippen LogP contribution is 2.22. The first-order valence-electron chi connectivity index (χ1n) is 5.74. The van der Waals surface area contributed by atoms with Gasteiger partial charge in [0, 0.05) is 32.7 Å². The zero-order valence-corrected chi connectivity index (χ0v) is 10.2. The van der Waals surface area contributed by atoms with Crippen molar-refractivity contribution in [3.05, 3.63) is 34.4 Å². The third-order valence-corrected chi connectivity index (χ3v) is 3.43. The van der Waals surface area contributed by atoms with Crippen LogP contribution in [0.4, 0.5) is 8.78 Å². The van der Waals surface area contributed by atoms with E-state index >= 15 is 0 Å². The first-order valence-corrected chi connectivity index (χ1v) is 6.11. The molecule has 0 aromatic heterocycles. The number of nitrogens with one attached hydrogen (secondary N) is 1. The monoisotopic (exact) mass is 260 g/mol. The topological polar surface area (TPSA) is 15.3 Å². The van der Waals surface area contributed by atoms with Crippen molar-refractivity contribution in [2.45, 2.75) is 6.42 Å². The van der Waals surface area contributed by atoms with Crippen LogP contribution >= 0.6 is 11.6 Å². The van der Waals surface area contributed by atoms with Crippen LogP contribution in [0, 0.1) is 11.6 Å². The first kappa shape index (κ1) is 12.7. The molecule has 0 aliphatic carbocycles. The highest BCUT2D eigenvalue weighted by Gasteiger charge is 2.13. The summed E-state index contributed by atoms with van der Waals surface area (Å²) < 4.78 is 26.1. The molecule has 1 heterocycles. The molecule has 0 spiro atoms. The molecule has 2 rings (SSSR count). The average molecular weight is 261 g/mol. The number of hydrogen-bond acceptors (Lipinski definition) is 2. The van der Waals surface area contributed by atoms with E-state index in [1.807, 2.05) is 0 Å². The van der Waals surface area contributed by atoms with Crippen LogP contribution in [0.5, 0.6) is 0 Å². The van der Waals surface area contributed by atoms with Crippen LogP contribution in [0.25, 0.3) is 0 Å². The van der Waals surface area contributed by atoms with E-state index in [2.05, 4.69) is 10.2 Å². The summed E-state index contributed by atoms with van der Waals surface area (Å²) in [5.41, 5.74) is 0.670. The van der Waals surface area contributed by atoms with Crippen molar-refractivity contribution in [2.75, 3.05) is 32.7 Å². The average Bonchev–Trinajstić information content (AvgIpc) is 2.36. The Kier molecular flexibility index (Phi) is 4.31. The minimum Gasteiger partial charge on any atom is -0.314 e. The Morgan fingerprint density at radius 2 is 1.94 bits per heavy atom. The van der Waals surface area contributed by atoms with Gasteiger partial charge in [0.05, 0.1) is 5.02 Å². The van der Waals surface area contributed by atoms with Gasteiger partial charge in [-0.3, -0.25) is 0 Å². The van der Waals surface area contributed by atoms with Gasteiger partial charge in [-0.1, -0.05) is 17.7 Å². The van der Waals surface area contributed by atoms with Gasteiger partial charge in [-0.15, -0.1) is 0 Å². The lowest BCUT2D eigenvalue weighted by Crippen LogP contribution is -2.44. The maximum atomic E-state index is 13.2. The van der Waals surface area contributed by atoms with Crippen LogP contribution in [0.15, 0.2) is 12.1 Å². The molecule has 5 heteroatoms. The van der Waals surface area contributed by atoms with E-state index in [0.29, 0.717) is 12.0 Å². The maximum Gasteiger partial charge on any atom is 0.177 e. The van der Waals surface area contributed by atoms with Gasteiger partial charge in [-0.2, -0.15) is 0 Å². The second-order valence-electron chi connectivity index (χ2n) is 4.18. The Bertz CT molecular complexity index is 392. The Morgan fingerprint density at radius 3 is 2.65 bits per heavy atom. The van der Waals surface area contributed by atoms with Crippen LogP contribution in [0.3, 0.4) is 0 Å². The molecule has 0 atom stereocenters. The Labute approximate surface area is 105 Å². The summed E-state index contributed by atoms with van der Waals surface area (Å²) in [6.07, 6.45) is 0.649. The zero-order valence-electron chi connectivity index (χ0n) is 9.48. The molecule has 1 aromatic rings. The minimum atomic E-state index is -0.940. The van der Waals surface area contributed by atoms with Crippen LogP contribution in [-0.2, 0) is 6.42 Å². The Morgan fingerprint density at radius 1 is 1.24 bits per heavy atom. The fourth-order valence-corrected chi connectivity index (χ4v) is 2.22. The van der Waals surface area contributed by atoms with Gasteiger partial charge < -0.3 is 10.2 Å². The standard InChI is InChI=1S/C12H15ClF2N2/c13-11-9(1-2-10(14)12(11)15)3-6-17-7-4-16-5-8-17/h1-2,16H,3-8H2. The normalized spacial score (nSPS) is 17.4. The lowest BCUT2D eigenvalue weighted by Gasteiger charge is -2.27. The summed E-state index contributed by atoms with van der Waals surface area (Å²) in [7, 11) is 0. The second-order valence-corrected chi connectivity index (χ2v) is 4.55. The van der Waals surface area contributed by atoms with Crippen molar-refractivity contribution in [3.8, 4) is 0 Å². The van der Waals surface area contributed by atoms with Gasteiger partial charge in [-0.05, 0) is 18.1 Å². The van der Waals surface area contributed by atoms with Crippen LogP contribution in [0.2, 0.25) is 5.02 Å². The molecule has 1 fully saturated rings. The summed E-state index contributed by atoms with van der Waals surface area (Å²) in [5.74, 6) is -1.83. The molecule has 94 valence electrons. The molecule has 17 heavy (non-hydrogen) atoms. The Balaban J connectivity index is 1.96. The van der Waals surface area contributed by atoms with E-state index in [4.69, 9.17) is 11.6 Å². The van der Waals surface area contributed by atoms with E-state index in [1.54, 1.807) is 6.07 Å². The Hall–Kier alpha value is -0.710. The third-order valence-electron chi connectivity index (χ3n) is 3.02. The van der Waals surface area contributed by atoms with E-state index in [1.165, 1.54) is 0 Å². The molecule has 2 nitrogen and oxygen atoms in total. The fraction of sp³-hybridized carbons (Fsp3) is 0.500. The molecule has 1 saturated heterocycles. The number of piperazine rings is 1. The summed E-state index contributed by atoms with van der Waals surface area (Å²) in [6.45, 7) is 4.76. The van der Waals surface area contributed by atoms with E-state index in [-0.39, 0.29) is 5.02 Å². The summed E-state index contributed by atoms with van der Waals surface area (Å²) in [6, 6.07) is 2.69. The van der Waals surface area contributed by atoms with Crippen molar-refractivity contribution >= 4 is 11.6 Å². The van der Waals surface area contributed by atoms with Crippen LogP contribution in [0.1, 0.15) is 5.56 Å². The van der Waals surface area contributed by atoms with Gasteiger partial charge in [0.2, 0.25) is 0 Å². The van der Waals surface area contributed by atoms with Gasteiger partial charge in [0.25, 0.3) is 0 Å². The highest BCUT2D eigenvalue weighted by molar-refractivity contribution is 6.31. The van der Waals surface area contributed by atoms with Crippen LogP contribution < -0.4 is 5.32 Å². The predicted molar refractivity (Wildman–Crippen MR) is 64.4 cm³/mol. The lowest BCUT2D eigenvalue weighted by atomic mass is 10.1. The fourth-order valence-electron chi connectivity index (χ4n) is 1.97. The van der Waals surface area contributed by atoms with Crippen molar-refractivity contribution in [1.29, 1.82) is 0 Å². The second kappa shape index (κ2) is 5.76. The predicted octanol–water partition coefficient (Wildman–Crippen LogP) is 2.07. The number of rotatable bonds is 3. The van der Waals surface area contributed by atoms with E-state index < -0.39 is 11.6 Å². The van der Waals surface area contributed by atoms with E-state index in [9.17, 15) is 8.78 Å². The smallest absolute Gasteiger partial charge is 0.177 e. The molecular formula is C12H15ClF2N2. The third kappa shape index (κ3) is 3.15. The minimum absolute atomic E-state index is 0.0832. The molecule has 1 aliphatic heterocycles. The lowest BCUT2D eigenvalue weighted by molar-refractivity contribution is 0.244. The van der Waals surface area contributed by atoms with E-state index in [0.717, 1.165) is 38.8 Å². The molecule has 1 aromatic carbocycles. The maximum absolute atomic E-state index is 13.2. The molecule has 1 N–H and O–H groups in total. The van der Waals surface area contributed by atoms with Crippen molar-refractivity contribution in [1.82, 2.24) is 10.2 Å². The van der Waals surface area contributed by atoms with Crippen molar-refractivity contribution in [2.24, 2.45) is 0 Å². The number of hydrogen-bond donors (Lipinski definition) is 1. The summed E-state index contributed by atoms with van der Waals surface area (Å²) >= 11 is 5.77. The quantitative estimate of drug-likeness (QED) is 0.837. The zero-order chi connectivity index (χ0) is 12.3. The number of benzene rings is 1. The highest BCUT2D eigenvalue weighted by atomic mass is 35.5. The molecule has 0 saturated carbocycles. The largest absolute Gasteiger partial charge is 0.314 e. The molecule has 0 amide bonds. The first-order chi connectivity index (χ1) is 8.18. The molecule has 0 unspecified atom stereocenters. The number of nitrogens with zero attached hydrogens (tertiary/aromatic N) is 1. The van der Waals surface area contributed by atoms with Gasteiger partial charge in [-0.25, -0.2) is 8.78 Å². The summed E-state index contributed by atoms with van der Waals surface area (Å²) in [4.78, 5) is 2.29. The number of halogens is 3. The van der Waals surface area contributed by atoms with Crippen LogP contribution in [-0.4, -0.2) is 37.6 Å². The van der Waals surface area contributed by atoms with Gasteiger partial charge in [0.1, 0.15) is 0 Å². The van der Waals surface area contributed by atoms with Crippen molar-refractivity contribution in [3.63, 3.8) is 0 Å². The molecule has 1 aliphatic rings. The SMILES string of the molecule is Fc1ccc(CCN2CCNCC2)c(Cl)c1F. The van der Waals surface area contributed by atoms with Gasteiger partial charge >= 0.3 is 0 Å². The molecular weight excluding hydrogens is 246 g/mol. The molecule has 0 radical (unpaired) electrons. The van der Waals surface area contributed by atoms with Gasteiger partial charge in [0.15, 0.2) is 11.6 Å². The van der Waals surface area contributed by atoms with Crippen molar-refractivity contribution < 1.29 is 8.78 Å². The summed E-state index contributed by atoms with van der Waals surface area (Å²) in [5, 5.41) is 3.18. The molecule has 0 bridgehead atoms.